The van der Waals surface area contributed by atoms with Gasteiger partial charge in [-0.1, -0.05) is 41.5 Å². The van der Waals surface area contributed by atoms with Crippen LogP contribution in [0.3, 0.4) is 0 Å². The highest BCUT2D eigenvalue weighted by Gasteiger charge is 2.73. The van der Waals surface area contributed by atoms with E-state index in [1.54, 1.807) is 0 Å². The zero-order chi connectivity index (χ0) is 54.6. The number of ether oxygens (including phenoxy) is 6. The van der Waals surface area contributed by atoms with Crippen molar-refractivity contribution in [2.75, 3.05) is 176 Å². The van der Waals surface area contributed by atoms with Gasteiger partial charge in [-0.05, 0) is 38.5 Å². The molecule has 6 fully saturated rings. The molecule has 25 nitrogen and oxygen atoms in total. The van der Waals surface area contributed by atoms with Crippen molar-refractivity contribution in [2.45, 2.75) is 80.1 Å². The molecule has 6 aliphatic rings. The lowest BCUT2D eigenvalue weighted by molar-refractivity contribution is -0.170. The van der Waals surface area contributed by atoms with Crippen molar-refractivity contribution in [1.29, 1.82) is 0 Å². The quantitative estimate of drug-likeness (QED) is 0.0796. The van der Waals surface area contributed by atoms with Crippen LogP contribution in [0.1, 0.15) is 80.1 Å². The van der Waals surface area contributed by atoms with Gasteiger partial charge in [0.2, 0.25) is 0 Å². The molecule has 6 rings (SSSR count). The van der Waals surface area contributed by atoms with Crippen LogP contribution in [0, 0.1) is 32.5 Å². The normalized spacial score (nSPS) is 25.4. The maximum atomic E-state index is 7.29. The number of rotatable bonds is 42. The molecule has 0 spiro atoms. The number of hydrogen-bond acceptors (Lipinski definition) is 25. The lowest BCUT2D eigenvalue weighted by Gasteiger charge is -2.47. The summed E-state index contributed by atoms with van der Waals surface area (Å²) in [6.07, 6.45) is 4.23. The van der Waals surface area contributed by atoms with E-state index in [2.05, 4.69) is 13.8 Å². The second-order valence-electron chi connectivity index (χ2n) is 21.0. The van der Waals surface area contributed by atoms with Gasteiger partial charge in [-0.3, -0.25) is 0 Å². The Morgan fingerprint density at radius 2 is 0.373 bits per heavy atom. The molecule has 4 atom stereocenters. The summed E-state index contributed by atoms with van der Waals surface area (Å²) in [7, 11) is -17.2. The summed E-state index contributed by atoms with van der Waals surface area (Å²) in [4.78, 5) is 0. The summed E-state index contributed by atoms with van der Waals surface area (Å²) in [6.45, 7) is 17.8. The Bertz CT molecular complexity index is 1570. The molecule has 440 valence electrons. The summed E-state index contributed by atoms with van der Waals surface area (Å²) in [5.41, 5.74) is -2.45. The molecule has 6 aliphatic heterocycles. The van der Waals surface area contributed by atoms with E-state index in [9.17, 15) is 0 Å². The molecule has 0 bridgehead atoms. The predicted molar refractivity (Wildman–Crippen MR) is 273 cm³/mol. The monoisotopic (exact) mass is 1190 g/mol. The zero-order valence-corrected chi connectivity index (χ0v) is 53.2. The zero-order valence-electron chi connectivity index (χ0n) is 47.2. The SMILES string of the molecule is CCC1(CO[Si](OC)(OC)O[Si](OC)(OCC2(CC)COC2)O[Si](OC)(OCC2(CC)COC2)O[Si](OC)(OCC2(CC)COC2)O[Si](OC)(OCC2(CC)COC2)O[Si](OC)(OC)OCC2(CC)COC2)COC1. The predicted octanol–water partition coefficient (Wildman–Crippen LogP) is 3.51. The molecule has 4 unspecified atom stereocenters. The molecule has 0 amide bonds. The Morgan fingerprint density at radius 3 is 0.480 bits per heavy atom. The van der Waals surface area contributed by atoms with Crippen LogP contribution in [0.2, 0.25) is 0 Å². The number of hydrogen-bond donors (Lipinski definition) is 0. The third-order valence-corrected chi connectivity index (χ3v) is 33.0. The van der Waals surface area contributed by atoms with Gasteiger partial charge in [0.25, 0.3) is 0 Å². The largest absolute Gasteiger partial charge is 0.673 e. The first-order valence-electron chi connectivity index (χ1n) is 26.1. The summed E-state index contributed by atoms with van der Waals surface area (Å²) >= 11 is 0. The topological polar surface area (TPSA) is 231 Å². The molecule has 75 heavy (non-hydrogen) atoms. The van der Waals surface area contributed by atoms with Crippen LogP contribution in [0.25, 0.3) is 0 Å². The summed E-state index contributed by atoms with van der Waals surface area (Å²) in [5, 5.41) is 0. The van der Waals surface area contributed by atoms with Gasteiger partial charge in [-0.2, -0.15) is 0 Å². The average molecular weight is 1190 g/mol. The van der Waals surface area contributed by atoms with Gasteiger partial charge in [0.05, 0.1) is 119 Å². The fraction of sp³-hybridized carbons (Fsp3) is 1.00. The van der Waals surface area contributed by atoms with Crippen LogP contribution in [0.15, 0.2) is 0 Å². The van der Waals surface area contributed by atoms with Crippen LogP contribution in [0.5, 0.6) is 0 Å². The second-order valence-corrected chi connectivity index (χ2v) is 36.0. The van der Waals surface area contributed by atoms with Crippen molar-refractivity contribution in [3.63, 3.8) is 0 Å². The average Bonchev–Trinajstić information content (AvgIpc) is 3.36. The highest BCUT2D eigenvalue weighted by atomic mass is 28.6. The molecular weight excluding hydrogens is 1100 g/mol. The van der Waals surface area contributed by atoms with E-state index in [0.717, 1.165) is 12.8 Å². The molecule has 6 saturated heterocycles. The molecule has 6 heterocycles. The van der Waals surface area contributed by atoms with Crippen LogP contribution < -0.4 is 0 Å². The van der Waals surface area contributed by atoms with Crippen molar-refractivity contribution in [3.05, 3.63) is 0 Å². The van der Waals surface area contributed by atoms with Crippen LogP contribution >= 0.6 is 0 Å². The van der Waals surface area contributed by atoms with Crippen molar-refractivity contribution in [3.8, 4) is 0 Å². The second kappa shape index (κ2) is 27.1. The smallest absolute Gasteiger partial charge is 0.380 e. The van der Waals surface area contributed by atoms with E-state index in [4.69, 9.17) is 111 Å². The van der Waals surface area contributed by atoms with Crippen LogP contribution in [0.4, 0.5) is 0 Å². The van der Waals surface area contributed by atoms with Crippen molar-refractivity contribution >= 4 is 54.3 Å². The van der Waals surface area contributed by atoms with Gasteiger partial charge < -0.3 is 111 Å². The van der Waals surface area contributed by atoms with Crippen molar-refractivity contribution in [2.24, 2.45) is 32.5 Å². The van der Waals surface area contributed by atoms with Crippen molar-refractivity contribution < 1.29 is 111 Å². The van der Waals surface area contributed by atoms with E-state index in [1.165, 1.54) is 56.9 Å². The van der Waals surface area contributed by atoms with Gasteiger partial charge in [-0.25, -0.2) is 0 Å². The molecule has 31 heteroatoms. The molecule has 0 aliphatic carbocycles. The fourth-order valence-corrected chi connectivity index (χ4v) is 27.2. The molecule has 0 radical (unpaired) electrons. The first kappa shape index (κ1) is 64.5. The molecule has 0 saturated carbocycles. The van der Waals surface area contributed by atoms with Gasteiger partial charge in [0, 0.05) is 89.4 Å². The molecular formula is C44H90O25Si6. The van der Waals surface area contributed by atoms with Crippen LogP contribution in [-0.2, 0) is 111 Å². The summed E-state index contributed by atoms with van der Waals surface area (Å²) in [5.74, 6) is 0. The fourth-order valence-electron chi connectivity index (χ4n) is 8.41. The van der Waals surface area contributed by atoms with E-state index < -0.39 is 75.9 Å². The summed E-state index contributed by atoms with van der Waals surface area (Å²) < 4.78 is 161. The summed E-state index contributed by atoms with van der Waals surface area (Å²) in [6, 6.07) is 0. The minimum absolute atomic E-state index is 0.00293. The minimum atomic E-state index is -5.04. The van der Waals surface area contributed by atoms with Gasteiger partial charge in [0.15, 0.2) is 0 Å². The third-order valence-electron chi connectivity index (χ3n) is 16.0. The Kier molecular flexibility index (Phi) is 23.3. The maximum absolute atomic E-state index is 7.29. The first-order chi connectivity index (χ1) is 35.9. The highest BCUT2D eigenvalue weighted by Crippen LogP contribution is 2.42. The molecule has 0 aromatic rings. The van der Waals surface area contributed by atoms with E-state index in [1.807, 2.05) is 27.7 Å². The van der Waals surface area contributed by atoms with Crippen molar-refractivity contribution in [1.82, 2.24) is 0 Å². The highest BCUT2D eigenvalue weighted by molar-refractivity contribution is 6.80. The lowest BCUT2D eigenvalue weighted by atomic mass is 9.84. The standard InChI is InChI=1S/C44H90O25Si6/c1-15-39(21-53-22-39)33-59-70(45-7,46-8)65-72(49-11,61-35-41(17-3)25-55-26-41)67-74(51-13,63-37-43(19-5)29-57-30-43)69-75(52-14,64-38-44(20-6)31-58-32-44)68-73(50-12,62-36-42(18-4)27-56-28-42)66-71(47-9,48-10)60-34-40(16-2)23-54-24-40/h15-38H2,1-14H3. The van der Waals surface area contributed by atoms with E-state index in [-0.39, 0.29) is 50.5 Å². The Hall–Kier alpha value is 0.301. The molecule has 0 aromatic heterocycles. The van der Waals surface area contributed by atoms with Gasteiger partial charge >= 0.3 is 54.3 Å². The molecule has 0 aromatic carbocycles. The maximum Gasteiger partial charge on any atom is 0.673 e. The Labute approximate surface area is 451 Å². The third kappa shape index (κ3) is 14.7. The van der Waals surface area contributed by atoms with Gasteiger partial charge in [0.1, 0.15) is 0 Å². The molecule has 0 N–H and O–H groups in total. The Morgan fingerprint density at radius 1 is 0.240 bits per heavy atom. The van der Waals surface area contributed by atoms with E-state index >= 15 is 0 Å². The minimum Gasteiger partial charge on any atom is -0.380 e. The van der Waals surface area contributed by atoms with E-state index in [0.29, 0.717) is 105 Å². The van der Waals surface area contributed by atoms with Crippen LogP contribution in [-0.4, -0.2) is 230 Å². The lowest BCUT2D eigenvalue weighted by Crippen LogP contribution is -2.73. The first-order valence-corrected chi connectivity index (χ1v) is 35.9. The van der Waals surface area contributed by atoms with Gasteiger partial charge in [-0.15, -0.1) is 0 Å². The Balaban J connectivity index is 1.49.